The molecule has 0 aromatic rings. The highest BCUT2D eigenvalue weighted by Crippen LogP contribution is 2.20. The van der Waals surface area contributed by atoms with E-state index in [0.717, 1.165) is 6.42 Å². The van der Waals surface area contributed by atoms with Crippen molar-refractivity contribution in [2.24, 2.45) is 4.99 Å². The van der Waals surface area contributed by atoms with Crippen LogP contribution in [0.25, 0.3) is 0 Å². The molecule has 2 aliphatic heterocycles. The van der Waals surface area contributed by atoms with Gasteiger partial charge in [-0.25, -0.2) is 4.79 Å². The van der Waals surface area contributed by atoms with E-state index in [0.29, 0.717) is 19.1 Å². The molecule has 2 aliphatic rings. The van der Waals surface area contributed by atoms with E-state index in [-0.39, 0.29) is 25.2 Å². The van der Waals surface area contributed by atoms with Gasteiger partial charge >= 0.3 is 6.03 Å². The summed E-state index contributed by atoms with van der Waals surface area (Å²) >= 11 is 0. The van der Waals surface area contributed by atoms with E-state index in [1.807, 2.05) is 13.8 Å². The maximum absolute atomic E-state index is 12.1. The highest BCUT2D eigenvalue weighted by Gasteiger charge is 2.49. The minimum absolute atomic E-state index is 0.106. The van der Waals surface area contributed by atoms with Crippen LogP contribution in [0.5, 0.6) is 0 Å². The molecular formula is C14H25N5O4. The lowest BCUT2D eigenvalue weighted by atomic mass is 10.1. The zero-order valence-electron chi connectivity index (χ0n) is 13.8. The molecule has 0 aromatic heterocycles. The van der Waals surface area contributed by atoms with Gasteiger partial charge in [0.2, 0.25) is 0 Å². The van der Waals surface area contributed by atoms with Crippen LogP contribution in [0.4, 0.5) is 4.79 Å². The van der Waals surface area contributed by atoms with E-state index in [9.17, 15) is 14.7 Å². The van der Waals surface area contributed by atoms with Crippen molar-refractivity contribution in [2.45, 2.75) is 38.6 Å². The van der Waals surface area contributed by atoms with Crippen molar-refractivity contribution in [3.63, 3.8) is 0 Å². The Hall–Kier alpha value is -1.87. The number of carbonyl (C=O) groups is 2. The highest BCUT2D eigenvalue weighted by atomic mass is 16.5. The largest absolute Gasteiger partial charge is 0.395 e. The number of ether oxygens (including phenoxy) is 1. The molecule has 130 valence electrons. The highest BCUT2D eigenvalue weighted by molar-refractivity contribution is 6.04. The van der Waals surface area contributed by atoms with Gasteiger partial charge in [0.1, 0.15) is 6.17 Å². The van der Waals surface area contributed by atoms with Crippen LogP contribution in [0, 0.1) is 0 Å². The van der Waals surface area contributed by atoms with Crippen molar-refractivity contribution in [3.8, 4) is 0 Å². The van der Waals surface area contributed by atoms with E-state index in [1.54, 1.807) is 11.9 Å². The lowest BCUT2D eigenvalue weighted by Crippen LogP contribution is -2.65. The molecular weight excluding hydrogens is 302 g/mol. The van der Waals surface area contributed by atoms with Crippen LogP contribution in [-0.4, -0.2) is 84.5 Å². The predicted molar refractivity (Wildman–Crippen MR) is 83.8 cm³/mol. The number of guanidine groups is 1. The molecule has 3 N–H and O–H groups in total. The van der Waals surface area contributed by atoms with Crippen molar-refractivity contribution in [1.29, 1.82) is 0 Å². The summed E-state index contributed by atoms with van der Waals surface area (Å²) in [7, 11) is 1.61. The molecule has 23 heavy (non-hydrogen) atoms. The van der Waals surface area contributed by atoms with Crippen molar-refractivity contribution in [1.82, 2.24) is 20.4 Å². The van der Waals surface area contributed by atoms with Crippen LogP contribution in [0.1, 0.15) is 20.3 Å². The molecule has 2 heterocycles. The molecule has 0 aromatic carbocycles. The molecule has 0 spiro atoms. The monoisotopic (exact) mass is 327 g/mol. The van der Waals surface area contributed by atoms with Gasteiger partial charge in [-0.05, 0) is 20.3 Å². The van der Waals surface area contributed by atoms with Crippen molar-refractivity contribution >= 4 is 17.9 Å². The Kier molecular flexibility index (Phi) is 5.78. The molecule has 2 unspecified atom stereocenters. The second-order valence-corrected chi connectivity index (χ2v) is 5.83. The predicted octanol–water partition coefficient (Wildman–Crippen LogP) is -1.07. The minimum Gasteiger partial charge on any atom is -0.395 e. The van der Waals surface area contributed by atoms with Crippen LogP contribution in [-0.2, 0) is 9.53 Å². The number of nitrogens with zero attached hydrogens (tertiary/aromatic N) is 3. The molecule has 0 radical (unpaired) electrons. The zero-order valence-corrected chi connectivity index (χ0v) is 13.8. The lowest BCUT2D eigenvalue weighted by Gasteiger charge is -2.35. The maximum atomic E-state index is 12.1. The number of aliphatic hydroxyl groups is 1. The molecule has 0 aliphatic carbocycles. The minimum atomic E-state index is -0.587. The Morgan fingerprint density at radius 2 is 2.13 bits per heavy atom. The number of rotatable bonds is 7. The SMILES string of the molecule is CC(C)OCCCN=C1NC2C(C(=O)NC(=O)N2C)N1CCO. The molecule has 9 nitrogen and oxygen atoms in total. The Morgan fingerprint density at radius 1 is 1.39 bits per heavy atom. The maximum Gasteiger partial charge on any atom is 0.325 e. The average Bonchev–Trinajstić information content (AvgIpc) is 2.84. The van der Waals surface area contributed by atoms with Gasteiger partial charge in [0, 0.05) is 26.7 Å². The third-order valence-electron chi connectivity index (χ3n) is 3.78. The van der Waals surface area contributed by atoms with Crippen LogP contribution < -0.4 is 10.6 Å². The van der Waals surface area contributed by atoms with Gasteiger partial charge in [-0.1, -0.05) is 0 Å². The number of hydrogen-bond acceptors (Lipinski definition) is 5. The fourth-order valence-electron chi connectivity index (χ4n) is 2.64. The summed E-state index contributed by atoms with van der Waals surface area (Å²) in [6.45, 7) is 5.26. The molecule has 2 rings (SSSR count). The number of carbonyl (C=O) groups excluding carboxylic acids is 2. The van der Waals surface area contributed by atoms with Gasteiger partial charge in [0.15, 0.2) is 12.0 Å². The van der Waals surface area contributed by atoms with Crippen LogP contribution >= 0.6 is 0 Å². The first-order valence-electron chi connectivity index (χ1n) is 7.83. The van der Waals surface area contributed by atoms with Gasteiger partial charge in [0.05, 0.1) is 12.7 Å². The van der Waals surface area contributed by atoms with Crippen LogP contribution in [0.2, 0.25) is 0 Å². The van der Waals surface area contributed by atoms with Crippen molar-refractivity contribution in [2.75, 3.05) is 33.4 Å². The van der Waals surface area contributed by atoms with Gasteiger partial charge in [-0.2, -0.15) is 0 Å². The van der Waals surface area contributed by atoms with Gasteiger partial charge in [-0.3, -0.25) is 15.1 Å². The smallest absolute Gasteiger partial charge is 0.325 e. The van der Waals surface area contributed by atoms with E-state index in [2.05, 4.69) is 15.6 Å². The number of β-amino-alcohol motifs (C(OH)–C–C–N with tert-alkyl or cyclic N) is 1. The first-order valence-corrected chi connectivity index (χ1v) is 7.83. The summed E-state index contributed by atoms with van der Waals surface area (Å²) in [5.74, 6) is 0.141. The number of nitrogens with one attached hydrogen (secondary N) is 2. The molecule has 2 fully saturated rings. The van der Waals surface area contributed by atoms with Gasteiger partial charge in [0.25, 0.3) is 5.91 Å². The van der Waals surface area contributed by atoms with Crippen LogP contribution in [0.3, 0.4) is 0 Å². The lowest BCUT2D eigenvalue weighted by molar-refractivity contribution is -0.127. The van der Waals surface area contributed by atoms with E-state index < -0.39 is 18.2 Å². The number of hydrogen-bond donors (Lipinski definition) is 3. The summed E-state index contributed by atoms with van der Waals surface area (Å²) in [5.41, 5.74) is 0. The Bertz CT molecular complexity index is 482. The first-order chi connectivity index (χ1) is 11.0. The standard InChI is InChI=1S/C14H25N5O4/c1-9(2)23-8-4-5-15-13-16-11-10(19(13)6-7-20)12(21)17-14(22)18(11)3/h9-11,20H,4-8H2,1-3H3,(H,15,16)(H,17,21,22). The second-order valence-electron chi connectivity index (χ2n) is 5.83. The quantitative estimate of drug-likeness (QED) is 0.514. The third-order valence-corrected chi connectivity index (χ3v) is 3.78. The molecule has 2 saturated heterocycles. The number of aliphatic imine (C=N–C) groups is 1. The van der Waals surface area contributed by atoms with Gasteiger partial charge in [-0.15, -0.1) is 0 Å². The van der Waals surface area contributed by atoms with E-state index >= 15 is 0 Å². The van der Waals surface area contributed by atoms with Crippen LogP contribution in [0.15, 0.2) is 4.99 Å². The van der Waals surface area contributed by atoms with Gasteiger partial charge < -0.3 is 25.0 Å². The summed E-state index contributed by atoms with van der Waals surface area (Å²) < 4.78 is 5.46. The summed E-state index contributed by atoms with van der Waals surface area (Å²) in [6.07, 6.45) is 0.463. The molecule has 3 amide bonds. The fraction of sp³-hybridized carbons (Fsp3) is 0.786. The number of aliphatic hydroxyl groups excluding tert-OH is 1. The normalized spacial score (nSPS) is 25.9. The number of amides is 3. The topological polar surface area (TPSA) is 106 Å². The van der Waals surface area contributed by atoms with E-state index in [4.69, 9.17) is 4.74 Å². The molecule has 2 atom stereocenters. The number of imide groups is 1. The number of likely N-dealkylation sites (N-methyl/N-ethyl adjacent to an activating group) is 1. The molecule has 9 heteroatoms. The number of fused-ring (bicyclic) bond motifs is 1. The molecule has 0 saturated carbocycles. The Labute approximate surface area is 135 Å². The average molecular weight is 327 g/mol. The summed E-state index contributed by atoms with van der Waals surface area (Å²) in [6, 6.07) is -1.03. The zero-order chi connectivity index (χ0) is 17.0. The fourth-order valence-corrected chi connectivity index (χ4v) is 2.64. The summed E-state index contributed by atoms with van der Waals surface area (Å²) in [5, 5.41) is 14.7. The van der Waals surface area contributed by atoms with Crippen molar-refractivity contribution < 1.29 is 19.4 Å². The Morgan fingerprint density at radius 3 is 2.78 bits per heavy atom. The first kappa shape index (κ1) is 17.5. The van der Waals surface area contributed by atoms with Crippen molar-refractivity contribution in [3.05, 3.63) is 0 Å². The third kappa shape index (κ3) is 3.91. The Balaban J connectivity index is 2.04. The van der Waals surface area contributed by atoms with E-state index in [1.165, 1.54) is 4.90 Å². The summed E-state index contributed by atoms with van der Waals surface area (Å²) in [4.78, 5) is 31.4. The molecule has 0 bridgehead atoms. The second kappa shape index (κ2) is 7.60. The number of urea groups is 1.